The first-order chi connectivity index (χ1) is 11.1. The molecule has 0 aliphatic carbocycles. The summed E-state index contributed by atoms with van der Waals surface area (Å²) >= 11 is 0. The molecule has 23 heavy (non-hydrogen) atoms. The van der Waals surface area contributed by atoms with Gasteiger partial charge >= 0.3 is 0 Å². The van der Waals surface area contributed by atoms with E-state index in [1.165, 1.54) is 36.8 Å². The zero-order chi connectivity index (χ0) is 16.7. The second-order valence-corrected chi connectivity index (χ2v) is 6.64. The van der Waals surface area contributed by atoms with Crippen molar-refractivity contribution in [3.8, 4) is 11.1 Å². The van der Waals surface area contributed by atoms with Crippen molar-refractivity contribution < 1.29 is 4.79 Å². The van der Waals surface area contributed by atoms with Crippen LogP contribution in [0.1, 0.15) is 55.5 Å². The highest BCUT2D eigenvalue weighted by Crippen LogP contribution is 2.22. The number of hydrogen-bond donors (Lipinski definition) is 1. The summed E-state index contributed by atoms with van der Waals surface area (Å²) in [5, 5.41) is 0. The van der Waals surface area contributed by atoms with Gasteiger partial charge in [0.1, 0.15) is 0 Å². The fourth-order valence-corrected chi connectivity index (χ4v) is 2.79. The lowest BCUT2D eigenvalue weighted by atomic mass is 9.98. The lowest BCUT2D eigenvalue weighted by Crippen LogP contribution is -2.10. The van der Waals surface area contributed by atoms with Crippen LogP contribution in [0.3, 0.4) is 0 Å². The monoisotopic (exact) mass is 309 g/mol. The van der Waals surface area contributed by atoms with E-state index in [1.54, 1.807) is 12.1 Å². The smallest absolute Gasteiger partial charge is 0.248 e. The molecule has 0 aliphatic rings. The van der Waals surface area contributed by atoms with E-state index in [-0.39, 0.29) is 5.91 Å². The first-order valence-corrected chi connectivity index (χ1v) is 8.55. The summed E-state index contributed by atoms with van der Waals surface area (Å²) in [6.45, 7) is 4.57. The molecule has 2 aromatic rings. The maximum absolute atomic E-state index is 11.1. The number of carbonyl (C=O) groups excluding carboxylic acids is 1. The molecule has 0 heterocycles. The third-order valence-corrected chi connectivity index (χ3v) is 4.18. The maximum Gasteiger partial charge on any atom is 0.248 e. The predicted octanol–water partition coefficient (Wildman–Crippen LogP) is 5.21. The lowest BCUT2D eigenvalue weighted by molar-refractivity contribution is 0.100. The molecule has 0 fully saturated rings. The van der Waals surface area contributed by atoms with Crippen molar-refractivity contribution >= 4 is 5.91 Å². The third kappa shape index (κ3) is 5.55. The van der Waals surface area contributed by atoms with Crippen LogP contribution in [-0.4, -0.2) is 5.91 Å². The zero-order valence-electron chi connectivity index (χ0n) is 14.2. The largest absolute Gasteiger partial charge is 0.366 e. The van der Waals surface area contributed by atoms with Gasteiger partial charge in [-0.2, -0.15) is 0 Å². The highest BCUT2D eigenvalue weighted by molar-refractivity contribution is 5.93. The standard InChI is InChI=1S/C21H27NO/c1-16(2)7-4-3-5-8-17-9-6-10-20(15-17)18-11-13-19(14-12-18)21(22)23/h6,9-16H,3-5,7-8H2,1-2H3,(H2,22,23). The summed E-state index contributed by atoms with van der Waals surface area (Å²) < 4.78 is 0. The molecule has 2 heteroatoms. The highest BCUT2D eigenvalue weighted by atomic mass is 16.1. The topological polar surface area (TPSA) is 43.1 Å². The van der Waals surface area contributed by atoms with Gasteiger partial charge in [0.25, 0.3) is 0 Å². The molecule has 1 amide bonds. The van der Waals surface area contributed by atoms with Crippen LogP contribution in [0.2, 0.25) is 0 Å². The minimum atomic E-state index is -0.383. The Labute approximate surface area is 139 Å². The van der Waals surface area contributed by atoms with Crippen LogP contribution in [-0.2, 0) is 6.42 Å². The summed E-state index contributed by atoms with van der Waals surface area (Å²) in [6.07, 6.45) is 6.33. The summed E-state index contributed by atoms with van der Waals surface area (Å²) in [6, 6.07) is 16.2. The fraction of sp³-hybridized carbons (Fsp3) is 0.381. The SMILES string of the molecule is CC(C)CCCCCc1cccc(-c2ccc(C(N)=O)cc2)c1. The van der Waals surface area contributed by atoms with E-state index in [0.717, 1.165) is 17.9 Å². The summed E-state index contributed by atoms with van der Waals surface area (Å²) in [7, 11) is 0. The van der Waals surface area contributed by atoms with Gasteiger partial charge in [-0.1, -0.05) is 69.5 Å². The Morgan fingerprint density at radius 1 is 0.957 bits per heavy atom. The molecule has 0 radical (unpaired) electrons. The molecule has 2 nitrogen and oxygen atoms in total. The molecule has 0 saturated carbocycles. The number of hydrogen-bond acceptors (Lipinski definition) is 1. The van der Waals surface area contributed by atoms with Gasteiger partial charge in [-0.05, 0) is 47.6 Å². The van der Waals surface area contributed by atoms with Gasteiger partial charge in [0, 0.05) is 5.56 Å². The first-order valence-electron chi connectivity index (χ1n) is 8.55. The van der Waals surface area contributed by atoms with Gasteiger partial charge < -0.3 is 5.73 Å². The van der Waals surface area contributed by atoms with Gasteiger partial charge in [-0.3, -0.25) is 4.79 Å². The Hall–Kier alpha value is -2.09. The molecule has 2 rings (SSSR count). The number of amides is 1. The molecule has 0 saturated heterocycles. The number of benzene rings is 2. The Morgan fingerprint density at radius 2 is 1.70 bits per heavy atom. The van der Waals surface area contributed by atoms with Crippen molar-refractivity contribution in [2.75, 3.05) is 0 Å². The number of carbonyl (C=O) groups is 1. The molecule has 0 atom stereocenters. The zero-order valence-corrected chi connectivity index (χ0v) is 14.2. The maximum atomic E-state index is 11.1. The van der Waals surface area contributed by atoms with Crippen molar-refractivity contribution in [2.45, 2.75) is 46.0 Å². The van der Waals surface area contributed by atoms with E-state index >= 15 is 0 Å². The second kappa shape index (κ2) is 8.52. The molecule has 0 bridgehead atoms. The molecular formula is C21H27NO. The van der Waals surface area contributed by atoms with Gasteiger partial charge in [-0.25, -0.2) is 0 Å². The molecule has 0 spiro atoms. The molecule has 2 aromatic carbocycles. The van der Waals surface area contributed by atoms with Crippen molar-refractivity contribution in [1.29, 1.82) is 0 Å². The van der Waals surface area contributed by atoms with Crippen LogP contribution in [0.4, 0.5) is 0 Å². The van der Waals surface area contributed by atoms with Crippen molar-refractivity contribution in [3.63, 3.8) is 0 Å². The minimum Gasteiger partial charge on any atom is -0.366 e. The van der Waals surface area contributed by atoms with Crippen LogP contribution in [0.15, 0.2) is 48.5 Å². The number of primary amides is 1. The third-order valence-electron chi connectivity index (χ3n) is 4.18. The Bertz CT molecular complexity index is 629. The first kappa shape index (κ1) is 17.3. The van der Waals surface area contributed by atoms with Gasteiger partial charge in [0.05, 0.1) is 0 Å². The van der Waals surface area contributed by atoms with Crippen molar-refractivity contribution in [3.05, 3.63) is 59.7 Å². The minimum absolute atomic E-state index is 0.383. The van der Waals surface area contributed by atoms with E-state index in [0.29, 0.717) is 5.56 Å². The van der Waals surface area contributed by atoms with Crippen LogP contribution in [0.25, 0.3) is 11.1 Å². The van der Waals surface area contributed by atoms with E-state index < -0.39 is 0 Å². The molecular weight excluding hydrogens is 282 g/mol. The Kier molecular flexibility index (Phi) is 6.40. The average Bonchev–Trinajstić information content (AvgIpc) is 2.54. The molecule has 0 aliphatic heterocycles. The molecule has 0 unspecified atom stereocenters. The Morgan fingerprint density at radius 3 is 2.35 bits per heavy atom. The highest BCUT2D eigenvalue weighted by Gasteiger charge is 2.03. The van der Waals surface area contributed by atoms with E-state index in [1.807, 2.05) is 12.1 Å². The van der Waals surface area contributed by atoms with Gasteiger partial charge in [-0.15, -0.1) is 0 Å². The Balaban J connectivity index is 1.95. The average molecular weight is 309 g/mol. The van der Waals surface area contributed by atoms with Gasteiger partial charge in [0.2, 0.25) is 5.91 Å². The second-order valence-electron chi connectivity index (χ2n) is 6.64. The van der Waals surface area contributed by atoms with Crippen LogP contribution < -0.4 is 5.73 Å². The van der Waals surface area contributed by atoms with Gasteiger partial charge in [0.15, 0.2) is 0 Å². The molecule has 0 aromatic heterocycles. The van der Waals surface area contributed by atoms with Crippen LogP contribution in [0.5, 0.6) is 0 Å². The van der Waals surface area contributed by atoms with Crippen LogP contribution in [0, 0.1) is 5.92 Å². The summed E-state index contributed by atoms with van der Waals surface area (Å²) in [5.74, 6) is 0.424. The predicted molar refractivity (Wildman–Crippen MR) is 97.4 cm³/mol. The fourth-order valence-electron chi connectivity index (χ4n) is 2.79. The van der Waals surface area contributed by atoms with Crippen LogP contribution >= 0.6 is 0 Å². The summed E-state index contributed by atoms with van der Waals surface area (Å²) in [4.78, 5) is 11.1. The summed E-state index contributed by atoms with van der Waals surface area (Å²) in [5.41, 5.74) is 9.53. The van der Waals surface area contributed by atoms with Crippen molar-refractivity contribution in [1.82, 2.24) is 0 Å². The number of unbranched alkanes of at least 4 members (excludes halogenated alkanes) is 2. The number of rotatable bonds is 8. The number of aryl methyl sites for hydroxylation is 1. The van der Waals surface area contributed by atoms with E-state index in [4.69, 9.17) is 5.73 Å². The molecule has 122 valence electrons. The van der Waals surface area contributed by atoms with Crippen molar-refractivity contribution in [2.24, 2.45) is 11.7 Å². The molecule has 2 N–H and O–H groups in total. The van der Waals surface area contributed by atoms with E-state index in [2.05, 4.69) is 38.1 Å². The number of nitrogens with two attached hydrogens (primary N) is 1. The van der Waals surface area contributed by atoms with E-state index in [9.17, 15) is 4.79 Å². The normalized spacial score (nSPS) is 10.9. The lowest BCUT2D eigenvalue weighted by Gasteiger charge is -2.07. The quantitative estimate of drug-likeness (QED) is 0.668.